The van der Waals surface area contributed by atoms with Crippen LogP contribution in [0.2, 0.25) is 0 Å². The molecule has 0 bridgehead atoms. The van der Waals surface area contributed by atoms with Crippen LogP contribution in [0, 0.1) is 11.7 Å². The van der Waals surface area contributed by atoms with Gasteiger partial charge in [0.25, 0.3) is 0 Å². The van der Waals surface area contributed by atoms with Gasteiger partial charge in [0.1, 0.15) is 0 Å². The molecule has 0 heterocycles. The molecule has 1 fully saturated rings. The molecule has 0 amide bonds. The van der Waals surface area contributed by atoms with Crippen molar-refractivity contribution in [1.82, 2.24) is 0 Å². The average molecular weight is 222 g/mol. The quantitative estimate of drug-likeness (QED) is 0.744. The Morgan fingerprint density at radius 1 is 1.25 bits per heavy atom. The molecule has 16 heavy (non-hydrogen) atoms. The van der Waals surface area contributed by atoms with Crippen LogP contribution in [0.3, 0.4) is 0 Å². The number of halogens is 1. The predicted octanol–water partition coefficient (Wildman–Crippen LogP) is 4.13. The van der Waals surface area contributed by atoms with E-state index in [1.54, 1.807) is 0 Å². The van der Waals surface area contributed by atoms with Gasteiger partial charge in [-0.2, -0.15) is 0 Å². The Morgan fingerprint density at radius 3 is 2.50 bits per heavy atom. The van der Waals surface area contributed by atoms with Crippen molar-refractivity contribution >= 4 is 0 Å². The van der Waals surface area contributed by atoms with E-state index >= 15 is 0 Å². The van der Waals surface area contributed by atoms with E-state index in [-0.39, 0.29) is 11.9 Å². The van der Waals surface area contributed by atoms with E-state index in [9.17, 15) is 4.39 Å². The minimum Gasteiger partial charge on any atom is -0.487 e. The molecule has 0 spiro atoms. The summed E-state index contributed by atoms with van der Waals surface area (Å²) in [5.41, 5.74) is 1.12. The molecule has 1 aliphatic carbocycles. The molecule has 2 heteroatoms. The first-order chi connectivity index (χ1) is 7.58. The molecular formula is C14H19FO. The van der Waals surface area contributed by atoms with Gasteiger partial charge >= 0.3 is 0 Å². The fourth-order valence-electron chi connectivity index (χ4n) is 1.83. The van der Waals surface area contributed by atoms with Gasteiger partial charge in [-0.1, -0.05) is 19.9 Å². The van der Waals surface area contributed by atoms with E-state index < -0.39 is 0 Å². The van der Waals surface area contributed by atoms with Crippen molar-refractivity contribution in [1.29, 1.82) is 0 Å². The van der Waals surface area contributed by atoms with Crippen molar-refractivity contribution in [3.05, 3.63) is 29.6 Å². The van der Waals surface area contributed by atoms with Gasteiger partial charge in [0.2, 0.25) is 0 Å². The number of rotatable bonds is 4. The number of hydrogen-bond acceptors (Lipinski definition) is 1. The minimum atomic E-state index is -0.253. The Labute approximate surface area is 96.6 Å². The molecule has 1 nitrogen and oxygen atoms in total. The minimum absolute atomic E-state index is 0.136. The molecule has 0 aliphatic heterocycles. The zero-order chi connectivity index (χ0) is 11.7. The Bertz CT molecular complexity index is 369. The lowest BCUT2D eigenvalue weighted by Gasteiger charge is -2.16. The lowest BCUT2D eigenvalue weighted by atomic mass is 10.0. The van der Waals surface area contributed by atoms with Crippen molar-refractivity contribution in [2.24, 2.45) is 5.92 Å². The molecule has 1 saturated carbocycles. The highest BCUT2D eigenvalue weighted by Gasteiger charge is 2.30. The third-order valence-corrected chi connectivity index (χ3v) is 3.22. The maximum Gasteiger partial charge on any atom is 0.165 e. The zero-order valence-corrected chi connectivity index (χ0v) is 10.2. The highest BCUT2D eigenvalue weighted by Crippen LogP contribution is 2.35. The lowest BCUT2D eigenvalue weighted by Crippen LogP contribution is -2.15. The van der Waals surface area contributed by atoms with Crippen LogP contribution in [0.4, 0.5) is 4.39 Å². The molecular weight excluding hydrogens is 203 g/mol. The maximum absolute atomic E-state index is 13.6. The van der Waals surface area contributed by atoms with E-state index in [0.717, 1.165) is 5.56 Å². The number of ether oxygens (including phenoxy) is 1. The first-order valence-corrected chi connectivity index (χ1v) is 6.04. The fraction of sp³-hybridized carbons (Fsp3) is 0.571. The summed E-state index contributed by atoms with van der Waals surface area (Å²) in [5, 5.41) is 0. The molecule has 0 aromatic heterocycles. The smallest absolute Gasteiger partial charge is 0.165 e. The molecule has 0 unspecified atom stereocenters. The molecule has 0 radical (unpaired) electrons. The third-order valence-electron chi connectivity index (χ3n) is 3.22. The molecule has 0 saturated heterocycles. The maximum atomic E-state index is 13.6. The van der Waals surface area contributed by atoms with E-state index in [2.05, 4.69) is 13.8 Å². The molecule has 1 aromatic carbocycles. The van der Waals surface area contributed by atoms with Crippen molar-refractivity contribution in [3.63, 3.8) is 0 Å². The summed E-state index contributed by atoms with van der Waals surface area (Å²) in [6, 6.07) is 5.16. The van der Waals surface area contributed by atoms with Crippen LogP contribution in [0.15, 0.2) is 18.2 Å². The van der Waals surface area contributed by atoms with Crippen LogP contribution >= 0.6 is 0 Å². The van der Waals surface area contributed by atoms with Crippen LogP contribution in [0.5, 0.6) is 5.75 Å². The van der Waals surface area contributed by atoms with Crippen molar-refractivity contribution in [3.8, 4) is 5.75 Å². The van der Waals surface area contributed by atoms with Crippen molar-refractivity contribution in [2.75, 3.05) is 0 Å². The molecule has 1 aromatic rings. The second kappa shape index (κ2) is 4.44. The summed E-state index contributed by atoms with van der Waals surface area (Å²) in [4.78, 5) is 0. The van der Waals surface area contributed by atoms with Gasteiger partial charge in [-0.15, -0.1) is 0 Å². The topological polar surface area (TPSA) is 9.23 Å². The van der Waals surface area contributed by atoms with Gasteiger partial charge in [0, 0.05) is 0 Å². The van der Waals surface area contributed by atoms with E-state index in [1.165, 1.54) is 18.9 Å². The van der Waals surface area contributed by atoms with Crippen molar-refractivity contribution in [2.45, 2.75) is 45.6 Å². The van der Waals surface area contributed by atoms with E-state index in [4.69, 9.17) is 4.74 Å². The molecule has 88 valence electrons. The number of hydrogen-bond donors (Lipinski definition) is 0. The van der Waals surface area contributed by atoms with Gasteiger partial charge in [-0.05, 0) is 49.3 Å². The first-order valence-electron chi connectivity index (χ1n) is 6.04. The second-order valence-corrected chi connectivity index (χ2v) is 5.00. The van der Waals surface area contributed by atoms with Crippen LogP contribution < -0.4 is 4.74 Å². The number of benzene rings is 1. The summed E-state index contributed by atoms with van der Waals surface area (Å²) < 4.78 is 19.2. The van der Waals surface area contributed by atoms with Gasteiger partial charge < -0.3 is 4.74 Å². The zero-order valence-electron chi connectivity index (χ0n) is 10.2. The van der Waals surface area contributed by atoms with E-state index in [0.29, 0.717) is 17.6 Å². The van der Waals surface area contributed by atoms with Gasteiger partial charge in [-0.3, -0.25) is 0 Å². The molecule has 1 atom stereocenters. The molecule has 0 N–H and O–H groups in total. The van der Waals surface area contributed by atoms with Crippen LogP contribution in [-0.4, -0.2) is 6.10 Å². The third kappa shape index (κ3) is 2.55. The first kappa shape index (κ1) is 11.4. The van der Waals surface area contributed by atoms with Crippen LogP contribution in [-0.2, 0) is 0 Å². The highest BCUT2D eigenvalue weighted by atomic mass is 19.1. The predicted molar refractivity (Wildman–Crippen MR) is 63.3 cm³/mol. The summed E-state index contributed by atoms with van der Waals surface area (Å²) in [6.07, 6.45) is 2.57. The standard InChI is InChI=1S/C14H19FO/c1-9(2)12-6-7-13(15)14(8-12)16-10(3)11-4-5-11/h6-11H,4-5H2,1-3H3/t10-/m0/s1. The Kier molecular flexibility index (Phi) is 3.17. The van der Waals surface area contributed by atoms with Gasteiger partial charge in [-0.25, -0.2) is 4.39 Å². The van der Waals surface area contributed by atoms with Crippen LogP contribution in [0.1, 0.15) is 45.1 Å². The Hall–Kier alpha value is -1.05. The monoisotopic (exact) mass is 222 g/mol. The van der Waals surface area contributed by atoms with Gasteiger partial charge in [0.15, 0.2) is 11.6 Å². The van der Waals surface area contributed by atoms with Crippen molar-refractivity contribution < 1.29 is 9.13 Å². The largest absolute Gasteiger partial charge is 0.487 e. The average Bonchev–Trinajstić information content (AvgIpc) is 3.04. The molecule has 2 rings (SSSR count). The second-order valence-electron chi connectivity index (χ2n) is 5.00. The Morgan fingerprint density at radius 2 is 1.94 bits per heavy atom. The highest BCUT2D eigenvalue weighted by molar-refractivity contribution is 5.32. The fourth-order valence-corrected chi connectivity index (χ4v) is 1.83. The van der Waals surface area contributed by atoms with E-state index in [1.807, 2.05) is 19.1 Å². The summed E-state index contributed by atoms with van der Waals surface area (Å²) in [5.74, 6) is 1.18. The SMILES string of the molecule is CC(C)c1ccc(F)c(O[C@@H](C)C2CC2)c1. The summed E-state index contributed by atoms with van der Waals surface area (Å²) >= 11 is 0. The summed E-state index contributed by atoms with van der Waals surface area (Å²) in [6.45, 7) is 6.22. The Balaban J connectivity index is 2.14. The van der Waals surface area contributed by atoms with Crippen LogP contribution in [0.25, 0.3) is 0 Å². The lowest BCUT2D eigenvalue weighted by molar-refractivity contribution is 0.189. The molecule has 1 aliphatic rings. The normalized spacial score (nSPS) is 17.6. The van der Waals surface area contributed by atoms with Gasteiger partial charge in [0.05, 0.1) is 6.10 Å². The summed E-state index contributed by atoms with van der Waals surface area (Å²) in [7, 11) is 0.